The summed E-state index contributed by atoms with van der Waals surface area (Å²) in [6.45, 7) is 1.93. The minimum absolute atomic E-state index is 0.283. The number of hydrogen-bond donors (Lipinski definition) is 0. The molecule has 6 nitrogen and oxygen atoms in total. The average molecular weight is 437 g/mol. The van der Waals surface area contributed by atoms with Crippen LogP contribution < -0.4 is 0 Å². The van der Waals surface area contributed by atoms with Crippen molar-refractivity contribution in [1.82, 2.24) is 14.9 Å². The van der Waals surface area contributed by atoms with Crippen LogP contribution in [-0.4, -0.2) is 39.8 Å². The van der Waals surface area contributed by atoms with Gasteiger partial charge in [-0.3, -0.25) is 19.7 Å². The first-order chi connectivity index (χ1) is 16.2. The van der Waals surface area contributed by atoms with Gasteiger partial charge in [0.15, 0.2) is 6.61 Å². The maximum Gasteiger partial charge on any atom is 0.339 e. The molecule has 0 N–H and O–H groups in total. The van der Waals surface area contributed by atoms with Gasteiger partial charge in [0.2, 0.25) is 5.78 Å². The minimum atomic E-state index is -0.497. The second kappa shape index (κ2) is 9.30. The van der Waals surface area contributed by atoms with Crippen molar-refractivity contribution < 1.29 is 14.3 Å². The number of carbonyl (C=O) groups excluding carboxylic acids is 2. The molecule has 0 amide bonds. The number of benzene rings is 2. The van der Waals surface area contributed by atoms with Gasteiger partial charge in [0, 0.05) is 60.7 Å². The molecule has 0 saturated carbocycles. The van der Waals surface area contributed by atoms with E-state index in [0.29, 0.717) is 17.7 Å². The lowest BCUT2D eigenvalue weighted by Crippen LogP contribution is -2.32. The maximum absolute atomic E-state index is 13.3. The number of nitrogens with zero attached hydrogens (tertiary/aromatic N) is 3. The van der Waals surface area contributed by atoms with Gasteiger partial charge in [-0.05, 0) is 23.8 Å². The van der Waals surface area contributed by atoms with Crippen LogP contribution in [0.15, 0.2) is 79.1 Å². The molecular formula is C27H23N3O3. The maximum atomic E-state index is 13.3. The molecule has 1 aliphatic rings. The fourth-order valence-electron chi connectivity index (χ4n) is 4.27. The van der Waals surface area contributed by atoms with Crippen LogP contribution in [-0.2, 0) is 24.2 Å². The van der Waals surface area contributed by atoms with Crippen LogP contribution in [0.3, 0.4) is 0 Å². The Kier molecular flexibility index (Phi) is 5.91. The highest BCUT2D eigenvalue weighted by Crippen LogP contribution is 2.29. The van der Waals surface area contributed by atoms with Crippen LogP contribution in [0.4, 0.5) is 0 Å². The molecule has 0 fully saturated rings. The van der Waals surface area contributed by atoms with Gasteiger partial charge < -0.3 is 4.74 Å². The van der Waals surface area contributed by atoms with Crippen LogP contribution in [0.1, 0.15) is 37.5 Å². The second-order valence-electron chi connectivity index (χ2n) is 8.12. The predicted molar refractivity (Wildman–Crippen MR) is 125 cm³/mol. The smallest absolute Gasteiger partial charge is 0.339 e. The lowest BCUT2D eigenvalue weighted by Gasteiger charge is -2.30. The van der Waals surface area contributed by atoms with E-state index in [-0.39, 0.29) is 12.4 Å². The minimum Gasteiger partial charge on any atom is -0.454 e. The summed E-state index contributed by atoms with van der Waals surface area (Å²) in [6.07, 6.45) is 3.82. The molecular weight excluding hydrogens is 414 g/mol. The first-order valence-electron chi connectivity index (χ1n) is 11.0. The number of Topliss-reactive ketones (excluding diaryl/α,β-unsaturated/α-hetero) is 1. The van der Waals surface area contributed by atoms with Gasteiger partial charge in [-0.2, -0.15) is 0 Å². The van der Waals surface area contributed by atoms with Crippen molar-refractivity contribution in [3.05, 3.63) is 107 Å². The number of ether oxygens (including phenoxy) is 1. The molecule has 164 valence electrons. The molecule has 33 heavy (non-hydrogen) atoms. The van der Waals surface area contributed by atoms with Crippen molar-refractivity contribution in [1.29, 1.82) is 0 Å². The van der Waals surface area contributed by atoms with Gasteiger partial charge in [0.1, 0.15) is 0 Å². The second-order valence-corrected chi connectivity index (χ2v) is 8.12. The Morgan fingerprint density at radius 2 is 1.79 bits per heavy atom. The Balaban J connectivity index is 1.44. The molecule has 0 atom stereocenters. The average Bonchev–Trinajstić information content (AvgIpc) is 2.87. The van der Waals surface area contributed by atoms with Crippen molar-refractivity contribution in [3.8, 4) is 0 Å². The van der Waals surface area contributed by atoms with Gasteiger partial charge in [0.25, 0.3) is 0 Å². The van der Waals surface area contributed by atoms with Crippen molar-refractivity contribution in [2.45, 2.75) is 19.5 Å². The quantitative estimate of drug-likeness (QED) is 0.332. The number of pyridine rings is 2. The van der Waals surface area contributed by atoms with E-state index in [1.54, 1.807) is 18.3 Å². The lowest BCUT2D eigenvalue weighted by atomic mass is 9.95. The molecule has 0 saturated heterocycles. The first kappa shape index (κ1) is 21.0. The SMILES string of the molecule is O=C(COC(=O)c1c2c(nc3ccccc13)CCN(Cc1ccccc1)C2)c1cccnc1. The Bertz CT molecular complexity index is 1310. The molecule has 3 heterocycles. The molecule has 4 aromatic rings. The van der Waals surface area contributed by atoms with Crippen molar-refractivity contribution >= 4 is 22.7 Å². The van der Waals surface area contributed by atoms with Gasteiger partial charge in [-0.1, -0.05) is 48.5 Å². The first-order valence-corrected chi connectivity index (χ1v) is 11.0. The largest absolute Gasteiger partial charge is 0.454 e. The van der Waals surface area contributed by atoms with Crippen LogP contribution in [0, 0.1) is 0 Å². The highest BCUT2D eigenvalue weighted by molar-refractivity contribution is 6.06. The zero-order chi connectivity index (χ0) is 22.6. The summed E-state index contributed by atoms with van der Waals surface area (Å²) >= 11 is 0. The van der Waals surface area contributed by atoms with Gasteiger partial charge in [-0.15, -0.1) is 0 Å². The molecule has 2 aromatic carbocycles. The molecule has 0 bridgehead atoms. The van der Waals surface area contributed by atoms with Crippen molar-refractivity contribution in [2.75, 3.05) is 13.2 Å². The van der Waals surface area contributed by atoms with Crippen molar-refractivity contribution in [2.24, 2.45) is 0 Å². The van der Waals surface area contributed by atoms with Gasteiger partial charge in [0.05, 0.1) is 11.1 Å². The van der Waals surface area contributed by atoms with Gasteiger partial charge in [-0.25, -0.2) is 4.79 Å². The number of ketones is 1. The third-order valence-electron chi connectivity index (χ3n) is 5.90. The molecule has 5 rings (SSSR count). The standard InChI is InChI=1S/C27H23N3O3/c31-25(20-9-6-13-28-15-20)18-33-27(32)26-21-10-4-5-11-23(21)29-24-12-14-30(17-22(24)26)16-19-7-2-1-3-8-19/h1-11,13,15H,12,14,16-18H2. The van der Waals surface area contributed by atoms with Crippen molar-refractivity contribution in [3.63, 3.8) is 0 Å². The summed E-state index contributed by atoms with van der Waals surface area (Å²) < 4.78 is 5.51. The molecule has 0 unspecified atom stereocenters. The summed E-state index contributed by atoms with van der Waals surface area (Å²) in [5.74, 6) is -0.780. The third kappa shape index (κ3) is 4.52. The fraction of sp³-hybridized carbons (Fsp3) is 0.185. The molecule has 2 aromatic heterocycles. The van der Waals surface area contributed by atoms with E-state index in [1.165, 1.54) is 11.8 Å². The third-order valence-corrected chi connectivity index (χ3v) is 5.90. The molecule has 0 aliphatic carbocycles. The summed E-state index contributed by atoms with van der Waals surface area (Å²) in [7, 11) is 0. The number of hydrogen-bond acceptors (Lipinski definition) is 6. The normalized spacial score (nSPS) is 13.5. The van der Waals surface area contributed by atoms with Crippen LogP contribution in [0.2, 0.25) is 0 Å². The number of esters is 1. The summed E-state index contributed by atoms with van der Waals surface area (Å²) in [5.41, 5.74) is 4.71. The Hall–Kier alpha value is -3.90. The number of rotatable bonds is 6. The summed E-state index contributed by atoms with van der Waals surface area (Å²) in [5, 5.41) is 0.747. The molecule has 6 heteroatoms. The summed E-state index contributed by atoms with van der Waals surface area (Å²) in [6, 6.07) is 21.2. The van der Waals surface area contributed by atoms with Gasteiger partial charge >= 0.3 is 5.97 Å². The van der Waals surface area contributed by atoms with E-state index in [9.17, 15) is 9.59 Å². The number of carbonyl (C=O) groups is 2. The molecule has 0 spiro atoms. The monoisotopic (exact) mass is 437 g/mol. The predicted octanol–water partition coefficient (Wildman–Crippen LogP) is 4.23. The zero-order valence-corrected chi connectivity index (χ0v) is 18.1. The van der Waals surface area contributed by atoms with E-state index < -0.39 is 5.97 Å². The van der Waals surface area contributed by atoms with Crippen LogP contribution in [0.25, 0.3) is 10.9 Å². The Morgan fingerprint density at radius 1 is 0.970 bits per heavy atom. The van der Waals surface area contributed by atoms with Crippen LogP contribution >= 0.6 is 0 Å². The van der Waals surface area contributed by atoms with E-state index in [2.05, 4.69) is 22.0 Å². The molecule has 1 aliphatic heterocycles. The zero-order valence-electron chi connectivity index (χ0n) is 18.1. The topological polar surface area (TPSA) is 72.4 Å². The van der Waals surface area contributed by atoms with Crippen LogP contribution in [0.5, 0.6) is 0 Å². The number of fused-ring (bicyclic) bond motifs is 2. The highest BCUT2D eigenvalue weighted by atomic mass is 16.5. The molecule has 0 radical (unpaired) electrons. The van der Waals surface area contributed by atoms with E-state index in [0.717, 1.165) is 41.7 Å². The highest BCUT2D eigenvalue weighted by Gasteiger charge is 2.27. The lowest BCUT2D eigenvalue weighted by molar-refractivity contribution is 0.0473. The number of para-hydroxylation sites is 1. The number of aromatic nitrogens is 2. The Labute approximate surface area is 191 Å². The Morgan fingerprint density at radius 3 is 2.61 bits per heavy atom. The summed E-state index contributed by atoms with van der Waals surface area (Å²) in [4.78, 5) is 36.8. The van der Waals surface area contributed by atoms with E-state index in [1.807, 2.05) is 42.5 Å². The van der Waals surface area contributed by atoms with E-state index in [4.69, 9.17) is 9.72 Å². The fourth-order valence-corrected chi connectivity index (χ4v) is 4.27. The van der Waals surface area contributed by atoms with E-state index >= 15 is 0 Å².